The van der Waals surface area contributed by atoms with E-state index in [4.69, 9.17) is 11.6 Å². The minimum Gasteiger partial charge on any atom is -0.449 e. The lowest BCUT2D eigenvalue weighted by atomic mass is 10.1. The van der Waals surface area contributed by atoms with Crippen LogP contribution in [-0.4, -0.2) is 43.4 Å². The number of carbonyl (C=O) groups is 1. The number of halogens is 1. The number of hydrogen-bond acceptors (Lipinski definition) is 4. The molecule has 18 heavy (non-hydrogen) atoms. The van der Waals surface area contributed by atoms with Gasteiger partial charge in [0.1, 0.15) is 0 Å². The lowest BCUT2D eigenvalue weighted by molar-refractivity contribution is 0.158. The molecule has 0 saturated carbocycles. The van der Waals surface area contributed by atoms with Crippen LogP contribution < -0.4 is 4.72 Å². The smallest absolute Gasteiger partial charge is 0.421 e. The third kappa shape index (κ3) is 4.29. The largest absolute Gasteiger partial charge is 0.449 e. The molecule has 2 atom stereocenters. The first-order chi connectivity index (χ1) is 8.36. The van der Waals surface area contributed by atoms with Gasteiger partial charge in [0, 0.05) is 18.0 Å². The molecule has 1 fully saturated rings. The van der Waals surface area contributed by atoms with Crippen LogP contribution >= 0.6 is 11.6 Å². The third-order valence-electron chi connectivity index (χ3n) is 2.72. The summed E-state index contributed by atoms with van der Waals surface area (Å²) in [6, 6.07) is -0.149. The topological polar surface area (TPSA) is 75.7 Å². The van der Waals surface area contributed by atoms with Gasteiger partial charge in [0.25, 0.3) is 0 Å². The first-order valence-electron chi connectivity index (χ1n) is 5.97. The number of nitrogens with zero attached hydrogens (tertiary/aromatic N) is 1. The van der Waals surface area contributed by atoms with Gasteiger partial charge in [0.2, 0.25) is 0 Å². The highest BCUT2D eigenvalue weighted by Gasteiger charge is 2.35. The van der Waals surface area contributed by atoms with Crippen molar-refractivity contribution >= 4 is 27.9 Å². The summed E-state index contributed by atoms with van der Waals surface area (Å²) >= 11 is 5.90. The summed E-state index contributed by atoms with van der Waals surface area (Å²) in [6.07, 6.45) is 1.17. The Kier molecular flexibility index (Phi) is 5.68. The molecule has 0 radical (unpaired) electrons. The molecule has 1 saturated heterocycles. The van der Waals surface area contributed by atoms with Crippen LogP contribution in [0.15, 0.2) is 0 Å². The number of alkyl halides is 1. The van der Waals surface area contributed by atoms with Gasteiger partial charge in [-0.2, -0.15) is 12.7 Å². The van der Waals surface area contributed by atoms with Crippen LogP contribution in [0.4, 0.5) is 4.79 Å². The van der Waals surface area contributed by atoms with Crippen molar-refractivity contribution < 1.29 is 17.9 Å². The Morgan fingerprint density at radius 3 is 2.83 bits per heavy atom. The van der Waals surface area contributed by atoms with Gasteiger partial charge in [-0.1, -0.05) is 0 Å². The second-order valence-corrected chi connectivity index (χ2v) is 6.62. The monoisotopic (exact) mass is 298 g/mol. The van der Waals surface area contributed by atoms with E-state index >= 15 is 0 Å². The zero-order valence-corrected chi connectivity index (χ0v) is 12.1. The fraction of sp³-hybridized carbons (Fsp3) is 0.900. The minimum atomic E-state index is -3.83. The van der Waals surface area contributed by atoms with Crippen LogP contribution in [0.2, 0.25) is 0 Å². The Morgan fingerprint density at radius 1 is 1.61 bits per heavy atom. The van der Waals surface area contributed by atoms with E-state index in [0.717, 1.165) is 12.8 Å². The van der Waals surface area contributed by atoms with E-state index in [2.05, 4.69) is 4.74 Å². The predicted molar refractivity (Wildman–Crippen MR) is 68.7 cm³/mol. The third-order valence-corrected chi connectivity index (χ3v) is 4.42. The zero-order chi connectivity index (χ0) is 13.8. The van der Waals surface area contributed by atoms with Crippen molar-refractivity contribution in [2.24, 2.45) is 0 Å². The Labute approximate surface area is 113 Å². The van der Waals surface area contributed by atoms with Gasteiger partial charge in [0.05, 0.1) is 6.61 Å². The molecule has 1 amide bonds. The minimum absolute atomic E-state index is 0.103. The summed E-state index contributed by atoms with van der Waals surface area (Å²) in [6.45, 7) is 3.97. The number of amides is 1. The van der Waals surface area contributed by atoms with E-state index < -0.39 is 16.3 Å². The highest BCUT2D eigenvalue weighted by Crippen LogP contribution is 2.25. The fourth-order valence-corrected chi connectivity index (χ4v) is 3.61. The molecule has 0 aromatic carbocycles. The summed E-state index contributed by atoms with van der Waals surface area (Å²) in [4.78, 5) is 11.2. The molecule has 2 unspecified atom stereocenters. The summed E-state index contributed by atoms with van der Waals surface area (Å²) < 4.78 is 31.7. The first-order valence-corrected chi connectivity index (χ1v) is 7.85. The molecule has 1 heterocycles. The van der Waals surface area contributed by atoms with E-state index in [1.165, 1.54) is 4.31 Å². The van der Waals surface area contributed by atoms with E-state index in [1.54, 1.807) is 6.92 Å². The Hall–Kier alpha value is -0.530. The summed E-state index contributed by atoms with van der Waals surface area (Å²) in [5.41, 5.74) is 0. The second-order valence-electron chi connectivity index (χ2n) is 4.25. The van der Waals surface area contributed by atoms with Crippen molar-refractivity contribution in [1.82, 2.24) is 9.03 Å². The van der Waals surface area contributed by atoms with Gasteiger partial charge >= 0.3 is 16.3 Å². The highest BCUT2D eigenvalue weighted by molar-refractivity contribution is 7.87. The van der Waals surface area contributed by atoms with Crippen molar-refractivity contribution in [3.63, 3.8) is 0 Å². The summed E-state index contributed by atoms with van der Waals surface area (Å²) in [5, 5.41) is -0.103. The molecule has 0 aromatic heterocycles. The molecule has 1 aliphatic heterocycles. The maximum absolute atomic E-state index is 12.0. The van der Waals surface area contributed by atoms with E-state index in [0.29, 0.717) is 13.0 Å². The van der Waals surface area contributed by atoms with Crippen molar-refractivity contribution in [3.8, 4) is 0 Å². The van der Waals surface area contributed by atoms with Gasteiger partial charge < -0.3 is 4.74 Å². The second kappa shape index (κ2) is 6.58. The lowest BCUT2D eigenvalue weighted by Crippen LogP contribution is -2.46. The van der Waals surface area contributed by atoms with E-state index in [9.17, 15) is 13.2 Å². The average Bonchev–Trinajstić information content (AvgIpc) is 2.64. The fourth-order valence-electron chi connectivity index (χ4n) is 2.06. The Balaban J connectivity index is 2.68. The number of rotatable bonds is 5. The molecule has 1 aliphatic rings. The van der Waals surface area contributed by atoms with Crippen LogP contribution in [0, 0.1) is 0 Å². The molecular formula is C10H19ClN2O4S. The maximum atomic E-state index is 12.0. The average molecular weight is 299 g/mol. The van der Waals surface area contributed by atoms with Gasteiger partial charge in [-0.05, 0) is 33.1 Å². The van der Waals surface area contributed by atoms with Crippen molar-refractivity contribution in [2.75, 3.05) is 13.2 Å². The zero-order valence-electron chi connectivity index (χ0n) is 10.6. The quantitative estimate of drug-likeness (QED) is 0.780. The van der Waals surface area contributed by atoms with Crippen molar-refractivity contribution in [1.29, 1.82) is 0 Å². The van der Waals surface area contributed by atoms with E-state index in [1.807, 2.05) is 11.6 Å². The number of nitrogens with one attached hydrogen (secondary N) is 1. The maximum Gasteiger partial charge on any atom is 0.421 e. The van der Waals surface area contributed by atoms with E-state index in [-0.39, 0.29) is 18.0 Å². The molecule has 8 heteroatoms. The number of ether oxygens (including phenoxy) is 1. The molecular weight excluding hydrogens is 280 g/mol. The van der Waals surface area contributed by atoms with Crippen LogP contribution in [0.25, 0.3) is 0 Å². The number of hydrogen-bond donors (Lipinski definition) is 1. The highest BCUT2D eigenvalue weighted by atomic mass is 35.5. The lowest BCUT2D eigenvalue weighted by Gasteiger charge is -2.24. The van der Waals surface area contributed by atoms with Crippen LogP contribution in [-0.2, 0) is 14.9 Å². The summed E-state index contributed by atoms with van der Waals surface area (Å²) in [7, 11) is -3.83. The normalized spacial score (nSPS) is 22.7. The molecule has 106 valence electrons. The number of carbonyl (C=O) groups excluding carboxylic acids is 1. The first kappa shape index (κ1) is 15.5. The van der Waals surface area contributed by atoms with Crippen LogP contribution in [0.5, 0.6) is 0 Å². The Morgan fingerprint density at radius 2 is 2.28 bits per heavy atom. The molecule has 0 aliphatic carbocycles. The van der Waals surface area contributed by atoms with Gasteiger partial charge in [0.15, 0.2) is 0 Å². The van der Waals surface area contributed by atoms with Crippen LogP contribution in [0.1, 0.15) is 33.1 Å². The van der Waals surface area contributed by atoms with Crippen LogP contribution in [0.3, 0.4) is 0 Å². The molecule has 0 bridgehead atoms. The summed E-state index contributed by atoms with van der Waals surface area (Å²) in [5.74, 6) is 0. The van der Waals surface area contributed by atoms with Crippen molar-refractivity contribution in [3.05, 3.63) is 0 Å². The molecule has 1 N–H and O–H groups in total. The SMILES string of the molecule is CCOC(=O)NS(=O)(=O)N1CCCC1CC(C)Cl. The van der Waals surface area contributed by atoms with Crippen molar-refractivity contribution in [2.45, 2.75) is 44.5 Å². The van der Waals surface area contributed by atoms with Gasteiger partial charge in [-0.3, -0.25) is 0 Å². The predicted octanol–water partition coefficient (Wildman–Crippen LogP) is 1.46. The molecule has 1 rings (SSSR count). The molecule has 0 aromatic rings. The molecule has 0 spiro atoms. The van der Waals surface area contributed by atoms with Gasteiger partial charge in [-0.25, -0.2) is 9.52 Å². The standard InChI is InChI=1S/C10H19ClN2O4S/c1-3-17-10(14)12-18(15,16)13-6-4-5-9(13)7-8(2)11/h8-9H,3-7H2,1-2H3,(H,12,14). The van der Waals surface area contributed by atoms with Gasteiger partial charge in [-0.15, -0.1) is 11.6 Å². The Bertz CT molecular complexity index is 385. The molecule has 6 nitrogen and oxygen atoms in total.